The summed E-state index contributed by atoms with van der Waals surface area (Å²) in [6, 6.07) is 7.23. The number of benzene rings is 1. The molecule has 0 atom stereocenters. The quantitative estimate of drug-likeness (QED) is 0.904. The van der Waals surface area contributed by atoms with E-state index in [0.29, 0.717) is 49.6 Å². The average molecular weight is 332 g/mol. The van der Waals surface area contributed by atoms with E-state index in [-0.39, 0.29) is 24.2 Å². The number of amides is 2. The zero-order valence-corrected chi connectivity index (χ0v) is 13.5. The van der Waals surface area contributed by atoms with E-state index in [1.807, 2.05) is 25.1 Å². The van der Waals surface area contributed by atoms with Crippen LogP contribution in [0.3, 0.4) is 0 Å². The first-order chi connectivity index (χ1) is 11.7. The lowest BCUT2D eigenvalue weighted by atomic mass is 10.2. The van der Waals surface area contributed by atoms with Gasteiger partial charge in [0.05, 0.1) is 13.2 Å². The molecule has 0 aliphatic carbocycles. The zero-order valence-electron chi connectivity index (χ0n) is 13.5. The maximum atomic E-state index is 12.8. The Morgan fingerprint density at radius 3 is 2.75 bits per heavy atom. The number of furan rings is 1. The number of rotatable bonds is 5. The molecule has 1 aliphatic heterocycles. The highest BCUT2D eigenvalue weighted by Crippen LogP contribution is 2.32. The second-order valence-electron chi connectivity index (χ2n) is 5.39. The number of morpholine rings is 1. The lowest BCUT2D eigenvalue weighted by molar-refractivity contribution is -0.120. The van der Waals surface area contributed by atoms with Crippen molar-refractivity contribution in [1.82, 2.24) is 4.90 Å². The molecule has 1 fully saturated rings. The summed E-state index contributed by atoms with van der Waals surface area (Å²) in [6.45, 7) is 4.19. The SMILES string of the molecule is CCOCC(=O)Nc1c(C(=O)N2CCOCC2)oc2ccccc12. The summed E-state index contributed by atoms with van der Waals surface area (Å²) in [5, 5.41) is 3.45. The van der Waals surface area contributed by atoms with E-state index in [2.05, 4.69) is 5.32 Å². The van der Waals surface area contributed by atoms with Crippen molar-refractivity contribution in [3.05, 3.63) is 30.0 Å². The second kappa shape index (κ2) is 7.46. The number of anilines is 1. The van der Waals surface area contributed by atoms with Crippen molar-refractivity contribution < 1.29 is 23.5 Å². The van der Waals surface area contributed by atoms with Crippen molar-refractivity contribution in [2.75, 3.05) is 44.8 Å². The van der Waals surface area contributed by atoms with Gasteiger partial charge in [0.15, 0.2) is 0 Å². The smallest absolute Gasteiger partial charge is 0.291 e. The first-order valence-corrected chi connectivity index (χ1v) is 7.97. The zero-order chi connectivity index (χ0) is 16.9. The molecule has 1 saturated heterocycles. The molecule has 2 heterocycles. The van der Waals surface area contributed by atoms with Crippen LogP contribution in [-0.4, -0.2) is 56.2 Å². The van der Waals surface area contributed by atoms with Gasteiger partial charge in [-0.3, -0.25) is 9.59 Å². The highest BCUT2D eigenvalue weighted by molar-refractivity contribution is 6.11. The molecule has 1 aromatic heterocycles. The van der Waals surface area contributed by atoms with E-state index in [9.17, 15) is 9.59 Å². The Hall–Kier alpha value is -2.38. The van der Waals surface area contributed by atoms with Gasteiger partial charge in [-0.1, -0.05) is 12.1 Å². The lowest BCUT2D eigenvalue weighted by Gasteiger charge is -2.26. The molecule has 3 rings (SSSR count). The van der Waals surface area contributed by atoms with E-state index in [4.69, 9.17) is 13.9 Å². The molecule has 0 radical (unpaired) electrons. The van der Waals surface area contributed by atoms with Gasteiger partial charge < -0.3 is 24.1 Å². The van der Waals surface area contributed by atoms with Crippen LogP contribution in [0.25, 0.3) is 11.0 Å². The van der Waals surface area contributed by atoms with Crippen LogP contribution < -0.4 is 5.32 Å². The second-order valence-corrected chi connectivity index (χ2v) is 5.39. The predicted octanol–water partition coefficient (Wildman–Crippen LogP) is 1.88. The number of hydrogen-bond donors (Lipinski definition) is 1. The average Bonchev–Trinajstić information content (AvgIpc) is 2.98. The van der Waals surface area contributed by atoms with Gasteiger partial charge in [-0.15, -0.1) is 0 Å². The highest BCUT2D eigenvalue weighted by Gasteiger charge is 2.27. The van der Waals surface area contributed by atoms with Crippen LogP contribution in [-0.2, 0) is 14.3 Å². The van der Waals surface area contributed by atoms with Crippen molar-refractivity contribution in [1.29, 1.82) is 0 Å². The number of para-hydroxylation sites is 1. The maximum Gasteiger partial charge on any atom is 0.291 e. The van der Waals surface area contributed by atoms with Gasteiger partial charge in [0, 0.05) is 25.1 Å². The minimum atomic E-state index is -0.320. The first kappa shape index (κ1) is 16.5. The molecule has 7 nitrogen and oxygen atoms in total. The largest absolute Gasteiger partial charge is 0.449 e. The molecule has 1 aromatic carbocycles. The molecule has 1 N–H and O–H groups in total. The topological polar surface area (TPSA) is 81.0 Å². The normalized spacial score (nSPS) is 14.8. The first-order valence-electron chi connectivity index (χ1n) is 7.97. The Morgan fingerprint density at radius 2 is 2.00 bits per heavy atom. The summed E-state index contributed by atoms with van der Waals surface area (Å²) in [5.74, 6) is -0.427. The van der Waals surface area contributed by atoms with Gasteiger partial charge in [-0.05, 0) is 19.1 Å². The van der Waals surface area contributed by atoms with Crippen molar-refractivity contribution in [2.45, 2.75) is 6.92 Å². The molecular formula is C17H20N2O5. The fourth-order valence-corrected chi connectivity index (χ4v) is 2.60. The van der Waals surface area contributed by atoms with Crippen molar-refractivity contribution >= 4 is 28.5 Å². The van der Waals surface area contributed by atoms with E-state index >= 15 is 0 Å². The van der Waals surface area contributed by atoms with Gasteiger partial charge >= 0.3 is 0 Å². The molecule has 0 bridgehead atoms. The molecule has 2 amide bonds. The Labute approximate surface area is 139 Å². The number of carbonyl (C=O) groups is 2. The standard InChI is InChI=1S/C17H20N2O5/c1-2-22-11-14(20)18-15-12-5-3-4-6-13(12)24-16(15)17(21)19-7-9-23-10-8-19/h3-6H,2,7-11H2,1H3,(H,18,20). The highest BCUT2D eigenvalue weighted by atomic mass is 16.5. The summed E-state index contributed by atoms with van der Waals surface area (Å²) in [6.07, 6.45) is 0. The van der Waals surface area contributed by atoms with Crippen LogP contribution in [0.15, 0.2) is 28.7 Å². The van der Waals surface area contributed by atoms with Gasteiger partial charge in [0.2, 0.25) is 11.7 Å². The molecule has 128 valence electrons. The molecule has 0 saturated carbocycles. The fourth-order valence-electron chi connectivity index (χ4n) is 2.60. The van der Waals surface area contributed by atoms with Gasteiger partial charge in [-0.2, -0.15) is 0 Å². The minimum absolute atomic E-state index is 0.0683. The van der Waals surface area contributed by atoms with Crippen molar-refractivity contribution in [3.63, 3.8) is 0 Å². The van der Waals surface area contributed by atoms with E-state index in [1.165, 1.54) is 0 Å². The van der Waals surface area contributed by atoms with Crippen LogP contribution >= 0.6 is 0 Å². The number of ether oxygens (including phenoxy) is 2. The summed E-state index contributed by atoms with van der Waals surface area (Å²) in [4.78, 5) is 26.5. The van der Waals surface area contributed by atoms with Crippen molar-refractivity contribution in [3.8, 4) is 0 Å². The molecule has 1 aliphatic rings. The molecule has 7 heteroatoms. The molecule has 0 spiro atoms. The van der Waals surface area contributed by atoms with Crippen LogP contribution in [0.5, 0.6) is 0 Å². The molecule has 0 unspecified atom stereocenters. The Bertz CT molecular complexity index is 734. The third-order valence-corrected chi connectivity index (χ3v) is 3.79. The molecule has 24 heavy (non-hydrogen) atoms. The summed E-state index contributed by atoms with van der Waals surface area (Å²) in [7, 11) is 0. The third kappa shape index (κ3) is 3.42. The van der Waals surface area contributed by atoms with Crippen molar-refractivity contribution in [2.24, 2.45) is 0 Å². The summed E-state index contributed by atoms with van der Waals surface area (Å²) >= 11 is 0. The van der Waals surface area contributed by atoms with E-state index in [1.54, 1.807) is 11.0 Å². The Morgan fingerprint density at radius 1 is 1.25 bits per heavy atom. The van der Waals surface area contributed by atoms with Crippen LogP contribution in [0.2, 0.25) is 0 Å². The monoisotopic (exact) mass is 332 g/mol. The number of nitrogens with one attached hydrogen (secondary N) is 1. The van der Waals surface area contributed by atoms with Crippen LogP contribution in [0.1, 0.15) is 17.5 Å². The Balaban J connectivity index is 1.92. The number of fused-ring (bicyclic) bond motifs is 1. The lowest BCUT2D eigenvalue weighted by Crippen LogP contribution is -2.40. The van der Waals surface area contributed by atoms with Gasteiger partial charge in [0.25, 0.3) is 5.91 Å². The summed E-state index contributed by atoms with van der Waals surface area (Å²) in [5.41, 5.74) is 0.951. The Kier molecular flexibility index (Phi) is 5.12. The number of nitrogens with zero attached hydrogens (tertiary/aromatic N) is 1. The van der Waals surface area contributed by atoms with Gasteiger partial charge in [0.1, 0.15) is 17.9 Å². The predicted molar refractivity (Wildman–Crippen MR) is 88.1 cm³/mol. The van der Waals surface area contributed by atoms with Crippen LogP contribution in [0.4, 0.5) is 5.69 Å². The van der Waals surface area contributed by atoms with E-state index in [0.717, 1.165) is 0 Å². The maximum absolute atomic E-state index is 12.8. The fraction of sp³-hybridized carbons (Fsp3) is 0.412. The number of hydrogen-bond acceptors (Lipinski definition) is 5. The number of carbonyl (C=O) groups excluding carboxylic acids is 2. The van der Waals surface area contributed by atoms with Crippen LogP contribution in [0, 0.1) is 0 Å². The van der Waals surface area contributed by atoms with Gasteiger partial charge in [-0.25, -0.2) is 0 Å². The summed E-state index contributed by atoms with van der Waals surface area (Å²) < 4.78 is 16.1. The third-order valence-electron chi connectivity index (χ3n) is 3.79. The minimum Gasteiger partial charge on any atom is -0.449 e. The van der Waals surface area contributed by atoms with E-state index < -0.39 is 0 Å². The molecule has 2 aromatic rings. The molecular weight excluding hydrogens is 312 g/mol.